The fourth-order valence-electron chi connectivity index (χ4n) is 1.35. The zero-order chi connectivity index (χ0) is 14.3. The molecule has 1 rings (SSSR count). The number of hydrogen-bond donors (Lipinski definition) is 2. The van der Waals surface area contributed by atoms with Crippen LogP contribution in [0.4, 0.5) is 10.1 Å². The number of halogens is 3. The van der Waals surface area contributed by atoms with Crippen LogP contribution in [0.5, 0.6) is 0 Å². The molecule has 7 heteroatoms. The van der Waals surface area contributed by atoms with Crippen LogP contribution in [0.2, 0.25) is 5.02 Å². The van der Waals surface area contributed by atoms with Crippen LogP contribution >= 0.6 is 27.5 Å². The minimum Gasteiger partial charge on any atom is -0.389 e. The number of anilines is 1. The fraction of sp³-hybridized carbons (Fsp3) is 0.500. The highest BCUT2D eigenvalue weighted by Crippen LogP contribution is 2.31. The summed E-state index contributed by atoms with van der Waals surface area (Å²) in [6, 6.07) is 2.51. The Hall–Kier alpha value is -0.400. The van der Waals surface area contributed by atoms with Gasteiger partial charge in [0.25, 0.3) is 0 Å². The topological polar surface area (TPSA) is 50.7 Å². The zero-order valence-corrected chi connectivity index (χ0v) is 12.8. The number of nitrogens with one attached hydrogen (secondary N) is 1. The van der Waals surface area contributed by atoms with Crippen LogP contribution in [-0.2, 0) is 9.47 Å². The van der Waals surface area contributed by atoms with Gasteiger partial charge in [-0.25, -0.2) is 4.39 Å². The van der Waals surface area contributed by atoms with Crippen LogP contribution in [0.15, 0.2) is 16.6 Å². The van der Waals surface area contributed by atoms with E-state index in [2.05, 4.69) is 21.2 Å². The molecule has 19 heavy (non-hydrogen) atoms. The first-order chi connectivity index (χ1) is 9.04. The second-order valence-corrected chi connectivity index (χ2v) is 5.11. The summed E-state index contributed by atoms with van der Waals surface area (Å²) in [5.41, 5.74) is 0.541. The molecule has 0 saturated heterocycles. The lowest BCUT2D eigenvalue weighted by Gasteiger charge is -2.15. The molecule has 0 spiro atoms. The molecule has 0 aromatic heterocycles. The van der Waals surface area contributed by atoms with Gasteiger partial charge in [-0.1, -0.05) is 11.6 Å². The van der Waals surface area contributed by atoms with E-state index in [1.807, 2.05) is 0 Å². The molecule has 1 unspecified atom stereocenters. The minimum atomic E-state index is -0.690. The summed E-state index contributed by atoms with van der Waals surface area (Å²) in [7, 11) is 1.58. The van der Waals surface area contributed by atoms with Crippen molar-refractivity contribution in [2.24, 2.45) is 0 Å². The zero-order valence-electron chi connectivity index (χ0n) is 10.5. The van der Waals surface area contributed by atoms with Gasteiger partial charge in [-0.05, 0) is 28.1 Å². The number of ether oxygens (including phenoxy) is 2. The maximum absolute atomic E-state index is 13.0. The van der Waals surface area contributed by atoms with Crippen molar-refractivity contribution in [2.75, 3.05) is 38.8 Å². The Bertz CT molecular complexity index is 386. The predicted molar refractivity (Wildman–Crippen MR) is 76.3 cm³/mol. The number of hydrogen-bond acceptors (Lipinski definition) is 4. The SMILES string of the molecule is COCCOCC(O)CNc1c(Cl)cc(F)cc1Br. The van der Waals surface area contributed by atoms with Gasteiger partial charge < -0.3 is 19.9 Å². The van der Waals surface area contributed by atoms with Gasteiger partial charge in [0.15, 0.2) is 0 Å². The van der Waals surface area contributed by atoms with Crippen molar-refractivity contribution >= 4 is 33.2 Å². The summed E-state index contributed by atoms with van der Waals surface area (Å²) in [5, 5.41) is 12.9. The molecule has 2 N–H and O–H groups in total. The number of aliphatic hydroxyl groups is 1. The summed E-state index contributed by atoms with van der Waals surface area (Å²) in [6.45, 7) is 1.34. The molecule has 0 aliphatic heterocycles. The van der Waals surface area contributed by atoms with E-state index < -0.39 is 11.9 Å². The number of methoxy groups -OCH3 is 1. The second kappa shape index (κ2) is 8.71. The van der Waals surface area contributed by atoms with E-state index in [9.17, 15) is 9.50 Å². The van der Waals surface area contributed by atoms with Gasteiger partial charge in [0.05, 0.1) is 36.6 Å². The van der Waals surface area contributed by atoms with Gasteiger partial charge in [0.1, 0.15) is 5.82 Å². The molecule has 4 nitrogen and oxygen atoms in total. The molecular formula is C12H16BrClFNO3. The molecule has 0 fully saturated rings. The summed E-state index contributed by atoms with van der Waals surface area (Å²) in [5.74, 6) is -0.425. The van der Waals surface area contributed by atoms with Crippen molar-refractivity contribution in [3.05, 3.63) is 27.4 Å². The van der Waals surface area contributed by atoms with E-state index in [1.165, 1.54) is 12.1 Å². The maximum atomic E-state index is 13.0. The largest absolute Gasteiger partial charge is 0.389 e. The maximum Gasteiger partial charge on any atom is 0.125 e. The van der Waals surface area contributed by atoms with E-state index in [0.717, 1.165) is 0 Å². The fourth-order valence-corrected chi connectivity index (χ4v) is 2.31. The lowest BCUT2D eigenvalue weighted by Crippen LogP contribution is -2.25. The normalized spacial score (nSPS) is 12.5. The second-order valence-electron chi connectivity index (χ2n) is 3.85. The summed E-state index contributed by atoms with van der Waals surface area (Å²) in [6.07, 6.45) is -0.690. The first-order valence-corrected chi connectivity index (χ1v) is 6.85. The first-order valence-electron chi connectivity index (χ1n) is 5.67. The molecule has 0 radical (unpaired) electrons. The Balaban J connectivity index is 2.40. The predicted octanol–water partition coefficient (Wildman–Crippen LogP) is 2.68. The standard InChI is InChI=1S/C12H16BrClFNO3/c1-18-2-3-19-7-9(17)6-16-12-10(13)4-8(15)5-11(12)14/h4-5,9,16-17H,2-3,6-7H2,1H3. The van der Waals surface area contributed by atoms with Crippen LogP contribution in [0.25, 0.3) is 0 Å². The van der Waals surface area contributed by atoms with E-state index in [0.29, 0.717) is 23.4 Å². The van der Waals surface area contributed by atoms with Crippen LogP contribution < -0.4 is 5.32 Å². The van der Waals surface area contributed by atoms with Crippen molar-refractivity contribution < 1.29 is 19.0 Å². The minimum absolute atomic E-state index is 0.187. The molecule has 0 saturated carbocycles. The van der Waals surface area contributed by atoms with Crippen molar-refractivity contribution in [1.29, 1.82) is 0 Å². The van der Waals surface area contributed by atoms with Gasteiger partial charge in [-0.2, -0.15) is 0 Å². The third-order valence-corrected chi connectivity index (χ3v) is 3.19. The van der Waals surface area contributed by atoms with Gasteiger partial charge in [0.2, 0.25) is 0 Å². The van der Waals surface area contributed by atoms with E-state index in [4.69, 9.17) is 21.1 Å². The molecule has 108 valence electrons. The first kappa shape index (κ1) is 16.7. The molecule has 1 aromatic carbocycles. The van der Waals surface area contributed by atoms with Crippen molar-refractivity contribution in [3.63, 3.8) is 0 Å². The summed E-state index contributed by atoms with van der Waals surface area (Å²) >= 11 is 9.11. The van der Waals surface area contributed by atoms with Crippen LogP contribution in [0.1, 0.15) is 0 Å². The molecule has 0 amide bonds. The highest BCUT2D eigenvalue weighted by Gasteiger charge is 2.10. The molecule has 1 atom stereocenters. The van der Waals surface area contributed by atoms with Gasteiger partial charge >= 0.3 is 0 Å². The number of benzene rings is 1. The van der Waals surface area contributed by atoms with E-state index >= 15 is 0 Å². The Morgan fingerprint density at radius 2 is 2.21 bits per heavy atom. The lowest BCUT2D eigenvalue weighted by atomic mass is 10.3. The Morgan fingerprint density at radius 3 is 2.84 bits per heavy atom. The van der Waals surface area contributed by atoms with Gasteiger partial charge in [-0.3, -0.25) is 0 Å². The molecule has 0 aliphatic carbocycles. The average molecular weight is 357 g/mol. The Morgan fingerprint density at radius 1 is 1.47 bits per heavy atom. The average Bonchev–Trinajstić information content (AvgIpc) is 2.33. The van der Waals surface area contributed by atoms with Crippen molar-refractivity contribution in [3.8, 4) is 0 Å². The van der Waals surface area contributed by atoms with E-state index in [1.54, 1.807) is 7.11 Å². The Kier molecular flexibility index (Phi) is 7.63. The molecule has 0 heterocycles. The third kappa shape index (κ3) is 6.05. The quantitative estimate of drug-likeness (QED) is 0.703. The monoisotopic (exact) mass is 355 g/mol. The van der Waals surface area contributed by atoms with Gasteiger partial charge in [-0.15, -0.1) is 0 Å². The van der Waals surface area contributed by atoms with Crippen LogP contribution in [0.3, 0.4) is 0 Å². The van der Waals surface area contributed by atoms with Crippen LogP contribution in [-0.4, -0.2) is 44.7 Å². The molecule has 0 bridgehead atoms. The highest BCUT2D eigenvalue weighted by atomic mass is 79.9. The Labute approximate surface area is 125 Å². The lowest BCUT2D eigenvalue weighted by molar-refractivity contribution is 0.0182. The van der Waals surface area contributed by atoms with Crippen LogP contribution in [0, 0.1) is 5.82 Å². The highest BCUT2D eigenvalue weighted by molar-refractivity contribution is 9.10. The number of rotatable bonds is 8. The van der Waals surface area contributed by atoms with Crippen molar-refractivity contribution in [2.45, 2.75) is 6.10 Å². The molecular weight excluding hydrogens is 340 g/mol. The summed E-state index contributed by atoms with van der Waals surface area (Å²) in [4.78, 5) is 0. The molecule has 1 aromatic rings. The number of aliphatic hydroxyl groups excluding tert-OH is 1. The molecule has 0 aliphatic rings. The third-order valence-electron chi connectivity index (χ3n) is 2.26. The van der Waals surface area contributed by atoms with Gasteiger partial charge in [0, 0.05) is 18.1 Å². The van der Waals surface area contributed by atoms with Crippen molar-refractivity contribution in [1.82, 2.24) is 0 Å². The smallest absolute Gasteiger partial charge is 0.125 e. The van der Waals surface area contributed by atoms with E-state index in [-0.39, 0.29) is 18.2 Å². The summed E-state index contributed by atoms with van der Waals surface area (Å²) < 4.78 is 23.5.